The Kier molecular flexibility index (Phi) is 5.91. The Labute approximate surface area is 162 Å². The molecule has 0 fully saturated rings. The van der Waals surface area contributed by atoms with Crippen LogP contribution in [-0.2, 0) is 11.3 Å². The highest BCUT2D eigenvalue weighted by Crippen LogP contribution is 2.16. The Bertz CT molecular complexity index is 991. The van der Waals surface area contributed by atoms with E-state index in [2.05, 4.69) is 30.9 Å². The maximum absolute atomic E-state index is 12.6. The van der Waals surface area contributed by atoms with Gasteiger partial charge in [-0.05, 0) is 42.8 Å². The molecule has 28 heavy (non-hydrogen) atoms. The second kappa shape index (κ2) is 8.72. The molecular weight excluding hydrogens is 356 g/mol. The quantitative estimate of drug-likeness (QED) is 0.610. The molecule has 0 bridgehead atoms. The number of nitrogens with one attached hydrogen (secondary N) is 3. The van der Waals surface area contributed by atoms with Crippen molar-refractivity contribution in [1.82, 2.24) is 15.0 Å². The summed E-state index contributed by atoms with van der Waals surface area (Å²) in [5.41, 5.74) is 3.04. The zero-order valence-electron chi connectivity index (χ0n) is 15.6. The van der Waals surface area contributed by atoms with E-state index < -0.39 is 0 Å². The van der Waals surface area contributed by atoms with Crippen LogP contribution in [0.25, 0.3) is 0 Å². The van der Waals surface area contributed by atoms with Gasteiger partial charge in [0.25, 0.3) is 5.91 Å². The predicted molar refractivity (Wildman–Crippen MR) is 107 cm³/mol. The van der Waals surface area contributed by atoms with E-state index in [4.69, 9.17) is 0 Å². The molecule has 0 atom stereocenters. The van der Waals surface area contributed by atoms with Crippen LogP contribution in [0.4, 0.5) is 17.3 Å². The number of rotatable bonds is 6. The molecular formula is C20H20N6O2. The van der Waals surface area contributed by atoms with E-state index >= 15 is 0 Å². The molecule has 0 aliphatic carbocycles. The summed E-state index contributed by atoms with van der Waals surface area (Å²) in [5.74, 6) is -0.185. The predicted octanol–water partition coefficient (Wildman–Crippen LogP) is 3.00. The Balaban J connectivity index is 1.71. The van der Waals surface area contributed by atoms with Gasteiger partial charge in [0, 0.05) is 42.9 Å². The summed E-state index contributed by atoms with van der Waals surface area (Å²) in [5, 5.41) is 8.56. The molecule has 0 saturated carbocycles. The highest BCUT2D eigenvalue weighted by atomic mass is 16.2. The van der Waals surface area contributed by atoms with E-state index in [1.807, 2.05) is 12.1 Å². The standard InChI is InChI=1S/C20H20N6O2/c1-13-9-18(26-20(23-13)22-12-15-5-4-8-21-11-15)19(28)25-17-7-3-6-16(10-17)24-14(2)27/h3-11H,12H2,1-2H3,(H,24,27)(H,25,28)(H,22,23,26). The van der Waals surface area contributed by atoms with Gasteiger partial charge in [-0.3, -0.25) is 14.6 Å². The molecule has 3 rings (SSSR count). The molecule has 0 radical (unpaired) electrons. The SMILES string of the molecule is CC(=O)Nc1cccc(NC(=O)c2cc(C)nc(NCc3cccnc3)n2)c1. The molecule has 0 spiro atoms. The molecule has 0 aliphatic heterocycles. The molecule has 3 aromatic rings. The molecule has 0 unspecified atom stereocenters. The summed E-state index contributed by atoms with van der Waals surface area (Å²) in [4.78, 5) is 36.4. The third kappa shape index (κ3) is 5.34. The first kappa shape index (κ1) is 19.0. The van der Waals surface area contributed by atoms with Gasteiger partial charge < -0.3 is 16.0 Å². The fourth-order valence-electron chi connectivity index (χ4n) is 2.52. The maximum atomic E-state index is 12.6. The van der Waals surface area contributed by atoms with Crippen LogP contribution in [0.5, 0.6) is 0 Å². The molecule has 8 nitrogen and oxygen atoms in total. The summed E-state index contributed by atoms with van der Waals surface area (Å²) in [6, 6.07) is 12.3. The molecule has 0 saturated heterocycles. The average molecular weight is 376 g/mol. The average Bonchev–Trinajstić information content (AvgIpc) is 2.66. The summed E-state index contributed by atoms with van der Waals surface area (Å²) in [6.45, 7) is 3.72. The molecule has 3 N–H and O–H groups in total. The topological polar surface area (TPSA) is 109 Å². The van der Waals surface area contributed by atoms with Crippen LogP contribution < -0.4 is 16.0 Å². The van der Waals surface area contributed by atoms with Crippen LogP contribution in [0.15, 0.2) is 54.9 Å². The second-order valence-electron chi connectivity index (χ2n) is 6.15. The van der Waals surface area contributed by atoms with Crippen LogP contribution in [0.1, 0.15) is 28.7 Å². The lowest BCUT2D eigenvalue weighted by Gasteiger charge is -2.10. The van der Waals surface area contributed by atoms with Crippen molar-refractivity contribution in [3.8, 4) is 0 Å². The molecule has 2 aromatic heterocycles. The summed E-state index contributed by atoms with van der Waals surface area (Å²) in [6.07, 6.45) is 3.45. The van der Waals surface area contributed by atoms with Crippen molar-refractivity contribution in [2.45, 2.75) is 20.4 Å². The van der Waals surface area contributed by atoms with Gasteiger partial charge in [-0.2, -0.15) is 0 Å². The van der Waals surface area contributed by atoms with Crippen molar-refractivity contribution in [1.29, 1.82) is 0 Å². The van der Waals surface area contributed by atoms with Crippen molar-refractivity contribution >= 4 is 29.1 Å². The lowest BCUT2D eigenvalue weighted by Crippen LogP contribution is -2.16. The van der Waals surface area contributed by atoms with E-state index in [1.54, 1.807) is 49.6 Å². The zero-order valence-corrected chi connectivity index (χ0v) is 15.6. The number of pyridine rings is 1. The number of carbonyl (C=O) groups is 2. The van der Waals surface area contributed by atoms with Crippen molar-refractivity contribution in [3.63, 3.8) is 0 Å². The molecule has 2 heterocycles. The van der Waals surface area contributed by atoms with Gasteiger partial charge in [-0.25, -0.2) is 9.97 Å². The number of hydrogen-bond donors (Lipinski definition) is 3. The van der Waals surface area contributed by atoms with Gasteiger partial charge >= 0.3 is 0 Å². The van der Waals surface area contributed by atoms with Crippen LogP contribution in [0.2, 0.25) is 0 Å². The lowest BCUT2D eigenvalue weighted by atomic mass is 10.2. The Morgan fingerprint density at radius 3 is 2.50 bits per heavy atom. The first-order valence-corrected chi connectivity index (χ1v) is 8.67. The Morgan fingerprint density at radius 2 is 1.79 bits per heavy atom. The van der Waals surface area contributed by atoms with Crippen LogP contribution in [-0.4, -0.2) is 26.8 Å². The van der Waals surface area contributed by atoms with Gasteiger partial charge in [0.2, 0.25) is 11.9 Å². The monoisotopic (exact) mass is 376 g/mol. The lowest BCUT2D eigenvalue weighted by molar-refractivity contribution is -0.114. The van der Waals surface area contributed by atoms with Crippen molar-refractivity contribution in [2.75, 3.05) is 16.0 Å². The highest BCUT2D eigenvalue weighted by molar-refractivity contribution is 6.03. The zero-order chi connectivity index (χ0) is 19.9. The van der Waals surface area contributed by atoms with Gasteiger partial charge in [0.05, 0.1) is 0 Å². The summed E-state index contributed by atoms with van der Waals surface area (Å²) >= 11 is 0. The fraction of sp³-hybridized carbons (Fsp3) is 0.150. The largest absolute Gasteiger partial charge is 0.350 e. The summed E-state index contributed by atoms with van der Waals surface area (Å²) in [7, 11) is 0. The molecule has 1 aromatic carbocycles. The Morgan fingerprint density at radius 1 is 1.00 bits per heavy atom. The van der Waals surface area contributed by atoms with Crippen molar-refractivity contribution < 1.29 is 9.59 Å². The highest BCUT2D eigenvalue weighted by Gasteiger charge is 2.11. The maximum Gasteiger partial charge on any atom is 0.274 e. The van der Waals surface area contributed by atoms with Gasteiger partial charge in [0.1, 0.15) is 5.69 Å². The number of amides is 2. The van der Waals surface area contributed by atoms with Gasteiger partial charge in [-0.1, -0.05) is 12.1 Å². The molecule has 2 amide bonds. The number of nitrogens with zero attached hydrogens (tertiary/aromatic N) is 3. The third-order valence-electron chi connectivity index (χ3n) is 3.70. The van der Waals surface area contributed by atoms with E-state index in [0.717, 1.165) is 5.56 Å². The minimum Gasteiger partial charge on any atom is -0.350 e. The van der Waals surface area contributed by atoms with Crippen LogP contribution in [0, 0.1) is 6.92 Å². The van der Waals surface area contributed by atoms with E-state index in [0.29, 0.717) is 29.6 Å². The van der Waals surface area contributed by atoms with E-state index in [9.17, 15) is 9.59 Å². The normalized spacial score (nSPS) is 10.2. The van der Waals surface area contributed by atoms with Gasteiger partial charge in [-0.15, -0.1) is 0 Å². The fourth-order valence-corrected chi connectivity index (χ4v) is 2.52. The van der Waals surface area contributed by atoms with E-state index in [1.165, 1.54) is 6.92 Å². The molecule has 0 aliphatic rings. The number of aromatic nitrogens is 3. The molecule has 8 heteroatoms. The Hall–Kier alpha value is -3.81. The first-order chi connectivity index (χ1) is 13.5. The van der Waals surface area contributed by atoms with Crippen molar-refractivity contribution in [2.24, 2.45) is 0 Å². The number of aryl methyl sites for hydroxylation is 1. The smallest absolute Gasteiger partial charge is 0.274 e. The van der Waals surface area contributed by atoms with E-state index in [-0.39, 0.29) is 17.5 Å². The summed E-state index contributed by atoms with van der Waals surface area (Å²) < 4.78 is 0. The minimum atomic E-state index is -0.366. The number of benzene rings is 1. The second-order valence-corrected chi connectivity index (χ2v) is 6.15. The number of anilines is 3. The molecule has 142 valence electrons. The first-order valence-electron chi connectivity index (χ1n) is 8.67. The van der Waals surface area contributed by atoms with Crippen molar-refractivity contribution in [3.05, 3.63) is 71.8 Å². The van der Waals surface area contributed by atoms with Gasteiger partial charge in [0.15, 0.2) is 0 Å². The third-order valence-corrected chi connectivity index (χ3v) is 3.70. The van der Waals surface area contributed by atoms with Crippen LogP contribution >= 0.6 is 0 Å². The van der Waals surface area contributed by atoms with Crippen LogP contribution in [0.3, 0.4) is 0 Å². The number of carbonyl (C=O) groups excluding carboxylic acids is 2. The minimum absolute atomic E-state index is 0.181. The number of hydrogen-bond acceptors (Lipinski definition) is 6.